The van der Waals surface area contributed by atoms with Gasteiger partial charge in [0.25, 0.3) is 5.91 Å². The van der Waals surface area contributed by atoms with Gasteiger partial charge < -0.3 is 14.1 Å². The third-order valence-electron chi connectivity index (χ3n) is 5.33. The zero-order valence-electron chi connectivity index (χ0n) is 16.6. The summed E-state index contributed by atoms with van der Waals surface area (Å²) in [6.45, 7) is 5.85. The van der Waals surface area contributed by atoms with Crippen molar-refractivity contribution in [2.45, 2.75) is 26.3 Å². The Morgan fingerprint density at radius 2 is 2.11 bits per heavy atom. The Hall–Kier alpha value is -2.25. The fourth-order valence-electron chi connectivity index (χ4n) is 3.63. The molecule has 0 N–H and O–H groups in total. The van der Waals surface area contributed by atoms with Gasteiger partial charge in [0.15, 0.2) is 6.39 Å². The van der Waals surface area contributed by atoms with Crippen LogP contribution < -0.4 is 0 Å². The van der Waals surface area contributed by atoms with E-state index in [1.54, 1.807) is 25.0 Å². The summed E-state index contributed by atoms with van der Waals surface area (Å²) in [5.74, 6) is 0.415. The van der Waals surface area contributed by atoms with Crippen LogP contribution in [-0.2, 0) is 11.3 Å². The van der Waals surface area contributed by atoms with Gasteiger partial charge in [-0.25, -0.2) is 9.37 Å². The Bertz CT molecular complexity index is 772. The molecule has 0 aliphatic carbocycles. The summed E-state index contributed by atoms with van der Waals surface area (Å²) in [6, 6.07) is 6.93. The molecule has 0 spiro atoms. The number of carbonyl (C=O) groups is 1. The van der Waals surface area contributed by atoms with Crippen molar-refractivity contribution < 1.29 is 18.3 Å². The predicted octanol–water partition coefficient (Wildman–Crippen LogP) is 3.12. The minimum atomic E-state index is -0.150. The lowest BCUT2D eigenvalue weighted by atomic mass is 9.95. The number of nitrogens with zero attached hydrogens (tertiary/aromatic N) is 3. The second-order valence-corrected chi connectivity index (χ2v) is 7.32. The number of amides is 1. The lowest BCUT2D eigenvalue weighted by molar-refractivity contribution is 0.0587. The number of hydrogen-bond acceptors (Lipinski definition) is 5. The largest absolute Gasteiger partial charge is 0.438 e. The molecule has 0 saturated carbocycles. The number of aryl methyl sites for hydroxylation is 1. The summed E-state index contributed by atoms with van der Waals surface area (Å²) in [6.07, 6.45) is 3.25. The number of likely N-dealkylation sites (tertiary alicyclic amines) is 1. The summed E-state index contributed by atoms with van der Waals surface area (Å²) in [5, 5.41) is 0. The predicted molar refractivity (Wildman–Crippen MR) is 103 cm³/mol. The second kappa shape index (κ2) is 9.80. The first-order valence-corrected chi connectivity index (χ1v) is 9.72. The highest BCUT2D eigenvalue weighted by molar-refractivity contribution is 5.92. The van der Waals surface area contributed by atoms with Crippen LogP contribution in [0.1, 0.15) is 34.7 Å². The van der Waals surface area contributed by atoms with Crippen molar-refractivity contribution in [2.24, 2.45) is 5.92 Å². The number of hydrogen-bond donors (Lipinski definition) is 0. The van der Waals surface area contributed by atoms with Crippen molar-refractivity contribution in [1.82, 2.24) is 14.8 Å². The molecule has 7 heteroatoms. The first-order valence-electron chi connectivity index (χ1n) is 9.72. The van der Waals surface area contributed by atoms with Crippen LogP contribution in [0.25, 0.3) is 0 Å². The van der Waals surface area contributed by atoms with Gasteiger partial charge in [-0.15, -0.1) is 0 Å². The molecule has 0 unspecified atom stereocenters. The van der Waals surface area contributed by atoms with Crippen LogP contribution in [0, 0.1) is 18.7 Å². The highest BCUT2D eigenvalue weighted by atomic mass is 19.1. The van der Waals surface area contributed by atoms with Gasteiger partial charge in [0.1, 0.15) is 5.82 Å². The zero-order chi connectivity index (χ0) is 19.9. The Morgan fingerprint density at radius 1 is 1.36 bits per heavy atom. The molecule has 1 saturated heterocycles. The van der Waals surface area contributed by atoms with Crippen LogP contribution in [0.3, 0.4) is 0 Å². The molecule has 0 radical (unpaired) electrons. The van der Waals surface area contributed by atoms with E-state index < -0.39 is 0 Å². The zero-order valence-corrected chi connectivity index (χ0v) is 16.6. The number of oxazole rings is 1. The molecule has 2 heterocycles. The maximum absolute atomic E-state index is 13.9. The number of halogens is 1. The standard InChI is InChI=1S/C21H28FN3O3/c1-16-20(28-15-23-16)21(26)25(11-12-27-2)13-17-7-9-24(10-8-17)14-18-5-3-4-6-19(18)22/h3-6,15,17H,7-14H2,1-2H3. The highest BCUT2D eigenvalue weighted by Crippen LogP contribution is 2.22. The van der Waals surface area contributed by atoms with Crippen LogP contribution in [0.2, 0.25) is 0 Å². The van der Waals surface area contributed by atoms with Crippen molar-refractivity contribution in [3.05, 3.63) is 53.5 Å². The summed E-state index contributed by atoms with van der Waals surface area (Å²) in [5.41, 5.74) is 1.34. The normalized spacial score (nSPS) is 15.7. The lowest BCUT2D eigenvalue weighted by Gasteiger charge is -2.34. The summed E-state index contributed by atoms with van der Waals surface area (Å²) >= 11 is 0. The van der Waals surface area contributed by atoms with Gasteiger partial charge in [-0.05, 0) is 44.8 Å². The Balaban J connectivity index is 1.55. The molecule has 28 heavy (non-hydrogen) atoms. The van der Waals surface area contributed by atoms with E-state index in [1.807, 2.05) is 12.1 Å². The Morgan fingerprint density at radius 3 is 2.75 bits per heavy atom. The van der Waals surface area contributed by atoms with Crippen LogP contribution in [-0.4, -0.2) is 60.6 Å². The molecule has 1 fully saturated rings. The molecule has 1 aliphatic heterocycles. The SMILES string of the molecule is COCCN(CC1CCN(Cc2ccccc2F)CC1)C(=O)c1ocnc1C. The van der Waals surface area contributed by atoms with E-state index in [0.717, 1.165) is 31.5 Å². The number of ether oxygens (including phenoxy) is 1. The molecule has 6 nitrogen and oxygen atoms in total. The van der Waals surface area contributed by atoms with Crippen molar-refractivity contribution in [2.75, 3.05) is 39.9 Å². The van der Waals surface area contributed by atoms with Crippen molar-refractivity contribution in [3.8, 4) is 0 Å². The molecule has 0 atom stereocenters. The maximum atomic E-state index is 13.9. The van der Waals surface area contributed by atoms with Crippen LogP contribution in [0.4, 0.5) is 4.39 Å². The maximum Gasteiger partial charge on any atom is 0.291 e. The molecule has 1 aromatic carbocycles. The van der Waals surface area contributed by atoms with Crippen molar-refractivity contribution >= 4 is 5.91 Å². The van der Waals surface area contributed by atoms with Crippen molar-refractivity contribution in [3.63, 3.8) is 0 Å². The minimum absolute atomic E-state index is 0.138. The monoisotopic (exact) mass is 389 g/mol. The molecular weight excluding hydrogens is 361 g/mol. The molecule has 1 aliphatic rings. The Kier molecular flexibility index (Phi) is 7.17. The van der Waals surface area contributed by atoms with E-state index in [-0.39, 0.29) is 11.7 Å². The molecule has 2 aromatic rings. The summed E-state index contributed by atoms with van der Waals surface area (Å²) in [7, 11) is 1.63. The van der Waals surface area contributed by atoms with Crippen LogP contribution in [0.15, 0.2) is 35.1 Å². The van der Waals surface area contributed by atoms with Gasteiger partial charge in [-0.1, -0.05) is 18.2 Å². The minimum Gasteiger partial charge on any atom is -0.438 e. The van der Waals surface area contributed by atoms with Gasteiger partial charge in [-0.2, -0.15) is 0 Å². The van der Waals surface area contributed by atoms with Gasteiger partial charge in [0, 0.05) is 32.3 Å². The number of piperidine rings is 1. The second-order valence-electron chi connectivity index (χ2n) is 7.32. The smallest absolute Gasteiger partial charge is 0.291 e. The quantitative estimate of drug-likeness (QED) is 0.694. The van der Waals surface area contributed by atoms with E-state index in [0.29, 0.717) is 43.6 Å². The number of methoxy groups -OCH3 is 1. The number of benzene rings is 1. The molecule has 3 rings (SSSR count). The van der Waals surface area contributed by atoms with E-state index in [2.05, 4.69) is 9.88 Å². The molecule has 152 valence electrons. The fourth-order valence-corrected chi connectivity index (χ4v) is 3.63. The first-order chi connectivity index (χ1) is 13.6. The van der Waals surface area contributed by atoms with Crippen molar-refractivity contribution in [1.29, 1.82) is 0 Å². The summed E-state index contributed by atoms with van der Waals surface area (Å²) < 4.78 is 24.3. The Labute approximate surface area is 165 Å². The third-order valence-corrected chi connectivity index (χ3v) is 5.33. The van der Waals surface area contributed by atoms with Gasteiger partial charge in [0.05, 0.1) is 12.3 Å². The lowest BCUT2D eigenvalue weighted by Crippen LogP contribution is -2.42. The highest BCUT2D eigenvalue weighted by Gasteiger charge is 2.27. The van der Waals surface area contributed by atoms with Gasteiger partial charge in [-0.3, -0.25) is 9.69 Å². The van der Waals surface area contributed by atoms with E-state index in [4.69, 9.17) is 9.15 Å². The topological polar surface area (TPSA) is 58.8 Å². The molecule has 1 aromatic heterocycles. The van der Waals surface area contributed by atoms with E-state index >= 15 is 0 Å². The molecular formula is C21H28FN3O3. The van der Waals surface area contributed by atoms with Crippen LogP contribution in [0.5, 0.6) is 0 Å². The van der Waals surface area contributed by atoms with E-state index in [9.17, 15) is 9.18 Å². The molecule has 0 bridgehead atoms. The average molecular weight is 389 g/mol. The summed E-state index contributed by atoms with van der Waals surface area (Å²) in [4.78, 5) is 20.9. The molecule has 1 amide bonds. The number of aromatic nitrogens is 1. The van der Waals surface area contributed by atoms with Gasteiger partial charge in [0.2, 0.25) is 5.76 Å². The first kappa shape index (κ1) is 20.5. The van der Waals surface area contributed by atoms with Crippen LogP contribution >= 0.6 is 0 Å². The van der Waals surface area contributed by atoms with E-state index in [1.165, 1.54) is 12.5 Å². The average Bonchev–Trinajstić information content (AvgIpc) is 3.13. The number of carbonyl (C=O) groups excluding carboxylic acids is 1. The van der Waals surface area contributed by atoms with Gasteiger partial charge >= 0.3 is 0 Å². The number of rotatable bonds is 8. The fraction of sp³-hybridized carbons (Fsp3) is 0.524. The third kappa shape index (κ3) is 5.17.